The van der Waals surface area contributed by atoms with E-state index in [4.69, 9.17) is 27.9 Å². The molecule has 6 nitrogen and oxygen atoms in total. The third-order valence-electron chi connectivity index (χ3n) is 5.56. The van der Waals surface area contributed by atoms with Gasteiger partial charge in [0.1, 0.15) is 4.90 Å². The molecule has 0 aromatic heterocycles. The van der Waals surface area contributed by atoms with Gasteiger partial charge in [0.05, 0.1) is 28.8 Å². The van der Waals surface area contributed by atoms with Crippen molar-refractivity contribution in [3.05, 3.63) is 99.5 Å². The van der Waals surface area contributed by atoms with Gasteiger partial charge in [0.25, 0.3) is 5.91 Å². The van der Waals surface area contributed by atoms with E-state index < -0.39 is 10.0 Å². The summed E-state index contributed by atoms with van der Waals surface area (Å²) in [5.74, 6) is -0.382. The van der Waals surface area contributed by atoms with E-state index in [9.17, 15) is 13.2 Å². The maximum absolute atomic E-state index is 13.7. The molecular formula is C25H24Cl2N2O4S. The number of ether oxygens (including phenoxy) is 1. The number of amides is 1. The highest BCUT2D eigenvalue weighted by Gasteiger charge is 2.31. The molecule has 3 aromatic rings. The van der Waals surface area contributed by atoms with E-state index in [1.165, 1.54) is 16.4 Å². The molecule has 1 aliphatic heterocycles. The summed E-state index contributed by atoms with van der Waals surface area (Å²) in [6.45, 7) is 1.71. The van der Waals surface area contributed by atoms with Crippen LogP contribution in [0.4, 0.5) is 0 Å². The smallest absolute Gasteiger partial charge is 0.256 e. The van der Waals surface area contributed by atoms with Gasteiger partial charge in [0.15, 0.2) is 0 Å². The Bertz CT molecular complexity index is 1210. The fraction of sp³-hybridized carbons (Fsp3) is 0.240. The number of hydrogen-bond donors (Lipinski definition) is 0. The minimum Gasteiger partial charge on any atom is -0.379 e. The minimum absolute atomic E-state index is 0.0225. The van der Waals surface area contributed by atoms with E-state index in [1.54, 1.807) is 4.90 Å². The normalized spacial score (nSPS) is 14.6. The van der Waals surface area contributed by atoms with E-state index in [-0.39, 0.29) is 39.5 Å². The minimum atomic E-state index is -3.92. The van der Waals surface area contributed by atoms with Gasteiger partial charge in [-0.1, -0.05) is 83.9 Å². The number of carbonyl (C=O) groups excluding carboxylic acids is 1. The Balaban J connectivity index is 1.71. The predicted molar refractivity (Wildman–Crippen MR) is 133 cm³/mol. The lowest BCUT2D eigenvalue weighted by Gasteiger charge is -2.27. The topological polar surface area (TPSA) is 66.9 Å². The first-order chi connectivity index (χ1) is 16.4. The van der Waals surface area contributed by atoms with Crippen molar-refractivity contribution >= 4 is 39.1 Å². The van der Waals surface area contributed by atoms with E-state index in [1.807, 2.05) is 60.7 Å². The zero-order valence-electron chi connectivity index (χ0n) is 18.4. The number of morpholine rings is 1. The Morgan fingerprint density at radius 2 is 1.38 bits per heavy atom. The van der Waals surface area contributed by atoms with Gasteiger partial charge in [-0.05, 0) is 23.3 Å². The number of rotatable bonds is 7. The first kappa shape index (κ1) is 24.7. The van der Waals surface area contributed by atoms with Crippen LogP contribution in [0, 0.1) is 0 Å². The number of sulfonamides is 1. The van der Waals surface area contributed by atoms with Crippen molar-refractivity contribution < 1.29 is 17.9 Å². The third kappa shape index (κ3) is 5.62. The van der Waals surface area contributed by atoms with E-state index in [2.05, 4.69) is 0 Å². The summed E-state index contributed by atoms with van der Waals surface area (Å²) in [6, 6.07) is 21.8. The summed E-state index contributed by atoms with van der Waals surface area (Å²) in [5, 5.41) is 0.0766. The second kappa shape index (κ2) is 10.9. The zero-order valence-corrected chi connectivity index (χ0v) is 20.7. The van der Waals surface area contributed by atoms with Gasteiger partial charge in [0.2, 0.25) is 10.0 Å². The molecular weight excluding hydrogens is 495 g/mol. The first-order valence-corrected chi connectivity index (χ1v) is 13.0. The number of benzene rings is 3. The van der Waals surface area contributed by atoms with Crippen LogP contribution in [0.3, 0.4) is 0 Å². The zero-order chi connectivity index (χ0) is 24.1. The summed E-state index contributed by atoms with van der Waals surface area (Å²) in [7, 11) is -3.92. The molecule has 4 rings (SSSR count). The van der Waals surface area contributed by atoms with Crippen LogP contribution >= 0.6 is 23.2 Å². The molecule has 0 N–H and O–H groups in total. The third-order valence-corrected chi connectivity index (χ3v) is 8.24. The molecule has 34 heavy (non-hydrogen) atoms. The Morgan fingerprint density at radius 1 is 0.853 bits per heavy atom. The van der Waals surface area contributed by atoms with Crippen LogP contribution in [0.25, 0.3) is 0 Å². The lowest BCUT2D eigenvalue weighted by atomic mass is 10.1. The standard InChI is InChI=1S/C25H24Cl2N2O4S/c26-22-16-23(27)24(34(31,32)29-11-13-33-14-12-29)15-21(22)25(30)28(17-19-7-3-1-4-8-19)18-20-9-5-2-6-10-20/h1-10,15-16H,11-14,17-18H2. The van der Waals surface area contributed by atoms with Gasteiger partial charge in [-0.2, -0.15) is 4.31 Å². The van der Waals surface area contributed by atoms with Crippen LogP contribution in [0.5, 0.6) is 0 Å². The molecule has 0 bridgehead atoms. The molecule has 1 aliphatic rings. The molecule has 0 spiro atoms. The molecule has 0 unspecified atom stereocenters. The van der Waals surface area contributed by atoms with E-state index >= 15 is 0 Å². The number of carbonyl (C=O) groups is 1. The first-order valence-electron chi connectivity index (χ1n) is 10.8. The molecule has 3 aromatic carbocycles. The van der Waals surface area contributed by atoms with E-state index in [0.717, 1.165) is 11.1 Å². The van der Waals surface area contributed by atoms with Crippen LogP contribution in [-0.4, -0.2) is 49.8 Å². The summed E-state index contributed by atoms with van der Waals surface area (Å²) in [4.78, 5) is 15.2. The Hall–Kier alpha value is -2.42. The SMILES string of the molecule is O=C(c1cc(S(=O)(=O)N2CCOCC2)c(Cl)cc1Cl)N(Cc1ccccc1)Cc1ccccc1. The van der Waals surface area contributed by atoms with Gasteiger partial charge in [-0.15, -0.1) is 0 Å². The van der Waals surface area contributed by atoms with Crippen LogP contribution in [0.1, 0.15) is 21.5 Å². The quantitative estimate of drug-likeness (QED) is 0.448. The van der Waals surface area contributed by atoms with Crippen LogP contribution in [0.15, 0.2) is 77.7 Å². The summed E-state index contributed by atoms with van der Waals surface area (Å²) in [5.41, 5.74) is 1.97. The molecule has 9 heteroatoms. The lowest BCUT2D eigenvalue weighted by Crippen LogP contribution is -2.40. The van der Waals surface area contributed by atoms with Crippen molar-refractivity contribution in [3.63, 3.8) is 0 Å². The van der Waals surface area contributed by atoms with Gasteiger partial charge in [-0.3, -0.25) is 4.79 Å². The average Bonchev–Trinajstić information content (AvgIpc) is 2.85. The number of nitrogens with zero attached hydrogens (tertiary/aromatic N) is 2. The molecule has 0 aliphatic carbocycles. The second-order valence-electron chi connectivity index (χ2n) is 7.91. The van der Waals surface area contributed by atoms with E-state index in [0.29, 0.717) is 26.3 Å². The summed E-state index contributed by atoms with van der Waals surface area (Å²) < 4.78 is 33.1. The molecule has 178 valence electrons. The molecule has 1 amide bonds. The molecule has 1 fully saturated rings. The Kier molecular flexibility index (Phi) is 7.91. The molecule has 0 saturated carbocycles. The lowest BCUT2D eigenvalue weighted by molar-refractivity contribution is 0.0725. The Labute approximate surface area is 209 Å². The molecule has 0 radical (unpaired) electrons. The van der Waals surface area contributed by atoms with Crippen LogP contribution in [0.2, 0.25) is 10.0 Å². The van der Waals surface area contributed by atoms with Crippen molar-refractivity contribution in [1.82, 2.24) is 9.21 Å². The molecule has 1 heterocycles. The average molecular weight is 519 g/mol. The number of halogens is 2. The van der Waals surface area contributed by atoms with Crippen LogP contribution in [-0.2, 0) is 27.8 Å². The largest absolute Gasteiger partial charge is 0.379 e. The monoisotopic (exact) mass is 518 g/mol. The highest BCUT2D eigenvalue weighted by atomic mass is 35.5. The van der Waals surface area contributed by atoms with Crippen molar-refractivity contribution in [3.8, 4) is 0 Å². The van der Waals surface area contributed by atoms with Gasteiger partial charge in [-0.25, -0.2) is 8.42 Å². The highest BCUT2D eigenvalue weighted by Crippen LogP contribution is 2.32. The van der Waals surface area contributed by atoms with Crippen molar-refractivity contribution in [2.24, 2.45) is 0 Å². The maximum atomic E-state index is 13.7. The van der Waals surface area contributed by atoms with Gasteiger partial charge >= 0.3 is 0 Å². The second-order valence-corrected chi connectivity index (χ2v) is 10.6. The number of hydrogen-bond acceptors (Lipinski definition) is 4. The summed E-state index contributed by atoms with van der Waals surface area (Å²) in [6.07, 6.45) is 0. The maximum Gasteiger partial charge on any atom is 0.256 e. The highest BCUT2D eigenvalue weighted by molar-refractivity contribution is 7.89. The van der Waals surface area contributed by atoms with Crippen LogP contribution < -0.4 is 0 Å². The predicted octanol–water partition coefficient (Wildman–Crippen LogP) is 4.86. The van der Waals surface area contributed by atoms with Gasteiger partial charge in [0, 0.05) is 26.2 Å². The van der Waals surface area contributed by atoms with Crippen molar-refractivity contribution in [2.75, 3.05) is 26.3 Å². The van der Waals surface area contributed by atoms with Crippen molar-refractivity contribution in [1.29, 1.82) is 0 Å². The molecule has 0 atom stereocenters. The van der Waals surface area contributed by atoms with Crippen molar-refractivity contribution in [2.45, 2.75) is 18.0 Å². The fourth-order valence-corrected chi connectivity index (χ4v) is 6.03. The molecule has 1 saturated heterocycles. The van der Waals surface area contributed by atoms with Gasteiger partial charge < -0.3 is 9.64 Å². The fourth-order valence-electron chi connectivity index (χ4n) is 3.79. The summed E-state index contributed by atoms with van der Waals surface area (Å²) >= 11 is 12.7. The Morgan fingerprint density at radius 3 is 1.91 bits per heavy atom.